The Balaban J connectivity index is 1.37. The van der Waals surface area contributed by atoms with Gasteiger partial charge in [-0.2, -0.15) is 5.10 Å². The van der Waals surface area contributed by atoms with E-state index in [0.29, 0.717) is 31.6 Å². The standard InChI is InChI=1S/C19H26N4O2S/c1-14-4-5-17(26-14)15-12-16(21-20-15)18(24)23-10-6-19(25,7-11-23)13-22-8-2-3-9-22/h4-5,12,25H,2-3,6-11,13H2,1H3,(H,20,21). The highest BCUT2D eigenvalue weighted by molar-refractivity contribution is 7.15. The summed E-state index contributed by atoms with van der Waals surface area (Å²) >= 11 is 1.68. The largest absolute Gasteiger partial charge is 0.388 e. The molecule has 140 valence electrons. The van der Waals surface area contributed by atoms with Gasteiger partial charge < -0.3 is 14.9 Å². The molecule has 0 atom stereocenters. The number of aryl methyl sites for hydroxylation is 1. The molecular weight excluding hydrogens is 348 g/mol. The molecule has 6 nitrogen and oxygen atoms in total. The molecule has 2 fully saturated rings. The molecule has 2 aromatic rings. The Kier molecular flexibility index (Phi) is 4.86. The number of β-amino-alcohol motifs (C(OH)–C–C–N with tert-alkyl or cyclic N) is 1. The molecule has 0 unspecified atom stereocenters. The van der Waals surface area contributed by atoms with Gasteiger partial charge in [-0.3, -0.25) is 9.89 Å². The molecule has 2 aromatic heterocycles. The van der Waals surface area contributed by atoms with Crippen molar-refractivity contribution in [1.29, 1.82) is 0 Å². The number of aliphatic hydroxyl groups is 1. The first kappa shape index (κ1) is 17.7. The summed E-state index contributed by atoms with van der Waals surface area (Å²) in [7, 11) is 0. The second kappa shape index (κ2) is 7.13. The second-order valence-electron chi connectivity index (χ2n) is 7.58. The maximum absolute atomic E-state index is 12.8. The molecule has 0 saturated carbocycles. The van der Waals surface area contributed by atoms with E-state index in [9.17, 15) is 9.90 Å². The van der Waals surface area contributed by atoms with Gasteiger partial charge in [0.2, 0.25) is 0 Å². The number of hydrogen-bond donors (Lipinski definition) is 2. The minimum absolute atomic E-state index is 0.0519. The molecule has 0 radical (unpaired) electrons. The maximum atomic E-state index is 12.8. The van der Waals surface area contributed by atoms with Gasteiger partial charge in [-0.1, -0.05) is 0 Å². The topological polar surface area (TPSA) is 72.5 Å². The Morgan fingerprint density at radius 1 is 1.27 bits per heavy atom. The fourth-order valence-corrected chi connectivity index (χ4v) is 4.77. The number of rotatable bonds is 4. The van der Waals surface area contributed by atoms with Crippen molar-refractivity contribution in [3.63, 3.8) is 0 Å². The van der Waals surface area contributed by atoms with Crippen LogP contribution >= 0.6 is 11.3 Å². The Bertz CT molecular complexity index is 770. The van der Waals surface area contributed by atoms with E-state index in [0.717, 1.165) is 30.2 Å². The van der Waals surface area contributed by atoms with Crippen LogP contribution in [0.1, 0.15) is 41.0 Å². The van der Waals surface area contributed by atoms with Crippen LogP contribution in [0, 0.1) is 6.92 Å². The molecule has 2 N–H and O–H groups in total. The lowest BCUT2D eigenvalue weighted by Crippen LogP contribution is -2.51. The van der Waals surface area contributed by atoms with Crippen molar-refractivity contribution in [1.82, 2.24) is 20.0 Å². The molecule has 4 heterocycles. The molecule has 4 rings (SSSR count). The molecule has 0 spiro atoms. The van der Waals surface area contributed by atoms with Crippen molar-refractivity contribution in [3.05, 3.63) is 28.8 Å². The second-order valence-corrected chi connectivity index (χ2v) is 8.86. The van der Waals surface area contributed by atoms with Gasteiger partial charge in [-0.05, 0) is 63.9 Å². The van der Waals surface area contributed by atoms with Crippen molar-refractivity contribution in [2.45, 2.75) is 38.2 Å². The number of nitrogens with zero attached hydrogens (tertiary/aromatic N) is 3. The summed E-state index contributed by atoms with van der Waals surface area (Å²) in [5.74, 6) is -0.0519. The van der Waals surface area contributed by atoms with E-state index < -0.39 is 5.60 Å². The van der Waals surface area contributed by atoms with Gasteiger partial charge in [0, 0.05) is 24.5 Å². The van der Waals surface area contributed by atoms with Crippen molar-refractivity contribution in [3.8, 4) is 10.6 Å². The van der Waals surface area contributed by atoms with E-state index in [1.54, 1.807) is 11.3 Å². The number of aromatic amines is 1. The van der Waals surface area contributed by atoms with Crippen molar-refractivity contribution in [2.24, 2.45) is 0 Å². The summed E-state index contributed by atoms with van der Waals surface area (Å²) in [6, 6.07) is 5.94. The highest BCUT2D eigenvalue weighted by atomic mass is 32.1. The number of carbonyl (C=O) groups is 1. The van der Waals surface area contributed by atoms with Gasteiger partial charge in [0.05, 0.1) is 16.2 Å². The number of aromatic nitrogens is 2. The van der Waals surface area contributed by atoms with Crippen LogP contribution in [0.25, 0.3) is 10.6 Å². The monoisotopic (exact) mass is 374 g/mol. The minimum Gasteiger partial charge on any atom is -0.388 e. The summed E-state index contributed by atoms with van der Waals surface area (Å²) in [6.45, 7) is 6.15. The first-order valence-electron chi connectivity index (χ1n) is 9.39. The average Bonchev–Trinajstić information content (AvgIpc) is 3.36. The molecule has 7 heteroatoms. The summed E-state index contributed by atoms with van der Waals surface area (Å²) < 4.78 is 0. The van der Waals surface area contributed by atoms with Crippen LogP contribution in [0.3, 0.4) is 0 Å². The van der Waals surface area contributed by atoms with Crippen molar-refractivity contribution in [2.75, 3.05) is 32.7 Å². The molecule has 0 bridgehead atoms. The Labute approximate surface area is 157 Å². The SMILES string of the molecule is Cc1ccc(-c2cc(C(=O)N3CCC(O)(CN4CCCC4)CC3)n[nH]2)s1. The summed E-state index contributed by atoms with van der Waals surface area (Å²) in [6.07, 6.45) is 3.73. The van der Waals surface area contributed by atoms with E-state index in [2.05, 4.69) is 28.1 Å². The lowest BCUT2D eigenvalue weighted by Gasteiger charge is -2.40. The van der Waals surface area contributed by atoms with E-state index in [-0.39, 0.29) is 5.91 Å². The van der Waals surface area contributed by atoms with E-state index in [1.807, 2.05) is 17.0 Å². The predicted molar refractivity (Wildman–Crippen MR) is 102 cm³/mol. The first-order valence-corrected chi connectivity index (χ1v) is 10.2. The number of nitrogens with one attached hydrogen (secondary N) is 1. The van der Waals surface area contributed by atoms with E-state index in [4.69, 9.17) is 0 Å². The first-order chi connectivity index (χ1) is 12.5. The molecule has 0 aliphatic carbocycles. The molecule has 26 heavy (non-hydrogen) atoms. The number of likely N-dealkylation sites (tertiary alicyclic amines) is 2. The van der Waals surface area contributed by atoms with Gasteiger partial charge in [0.1, 0.15) is 0 Å². The molecule has 2 saturated heterocycles. The number of carbonyl (C=O) groups excluding carboxylic acids is 1. The van der Waals surface area contributed by atoms with Crippen LogP contribution in [0.15, 0.2) is 18.2 Å². The number of H-pyrrole nitrogens is 1. The third kappa shape index (κ3) is 3.70. The molecule has 2 aliphatic rings. The highest BCUT2D eigenvalue weighted by Gasteiger charge is 2.36. The van der Waals surface area contributed by atoms with Crippen LogP contribution in [-0.2, 0) is 0 Å². The lowest BCUT2D eigenvalue weighted by molar-refractivity contribution is -0.0368. The van der Waals surface area contributed by atoms with Crippen LogP contribution in [0.2, 0.25) is 0 Å². The zero-order valence-electron chi connectivity index (χ0n) is 15.2. The average molecular weight is 375 g/mol. The summed E-state index contributed by atoms with van der Waals surface area (Å²) in [5, 5.41) is 18.0. The number of piperidine rings is 1. The molecule has 2 aliphatic heterocycles. The van der Waals surface area contributed by atoms with Crippen LogP contribution in [-0.4, -0.2) is 69.3 Å². The van der Waals surface area contributed by atoms with Gasteiger partial charge in [0.15, 0.2) is 5.69 Å². The quantitative estimate of drug-likeness (QED) is 0.863. The predicted octanol–water partition coefficient (Wildman–Crippen LogP) is 2.51. The Hall–Kier alpha value is -1.70. The summed E-state index contributed by atoms with van der Waals surface area (Å²) in [4.78, 5) is 19.2. The zero-order chi connectivity index (χ0) is 18.1. The maximum Gasteiger partial charge on any atom is 0.274 e. The van der Waals surface area contributed by atoms with E-state index >= 15 is 0 Å². The van der Waals surface area contributed by atoms with Crippen LogP contribution < -0.4 is 0 Å². The Morgan fingerprint density at radius 2 is 2.00 bits per heavy atom. The fourth-order valence-electron chi connectivity index (χ4n) is 3.94. The number of amides is 1. The van der Waals surface area contributed by atoms with Crippen molar-refractivity contribution < 1.29 is 9.90 Å². The van der Waals surface area contributed by atoms with Crippen LogP contribution in [0.5, 0.6) is 0 Å². The van der Waals surface area contributed by atoms with Gasteiger partial charge >= 0.3 is 0 Å². The highest BCUT2D eigenvalue weighted by Crippen LogP contribution is 2.28. The minimum atomic E-state index is -0.660. The van der Waals surface area contributed by atoms with Crippen LogP contribution in [0.4, 0.5) is 0 Å². The normalized spacial score (nSPS) is 20.6. The number of hydrogen-bond acceptors (Lipinski definition) is 5. The van der Waals surface area contributed by atoms with Gasteiger partial charge in [-0.25, -0.2) is 0 Å². The molecule has 0 aromatic carbocycles. The van der Waals surface area contributed by atoms with Crippen molar-refractivity contribution >= 4 is 17.2 Å². The van der Waals surface area contributed by atoms with Gasteiger partial charge in [0.25, 0.3) is 5.91 Å². The smallest absolute Gasteiger partial charge is 0.274 e. The molecular formula is C19H26N4O2S. The zero-order valence-corrected chi connectivity index (χ0v) is 16.0. The fraction of sp³-hybridized carbons (Fsp3) is 0.579. The number of thiophene rings is 1. The third-order valence-corrected chi connectivity index (χ3v) is 6.53. The summed E-state index contributed by atoms with van der Waals surface area (Å²) in [5.41, 5.74) is 0.678. The van der Waals surface area contributed by atoms with Gasteiger partial charge in [-0.15, -0.1) is 11.3 Å². The van der Waals surface area contributed by atoms with E-state index in [1.165, 1.54) is 17.7 Å². The lowest BCUT2D eigenvalue weighted by atomic mass is 9.90. The molecule has 1 amide bonds. The third-order valence-electron chi connectivity index (χ3n) is 5.50. The Morgan fingerprint density at radius 3 is 2.65 bits per heavy atom.